The number of halogens is 2. The highest BCUT2D eigenvalue weighted by Crippen LogP contribution is 2.51. The molecule has 130 valence electrons. The summed E-state index contributed by atoms with van der Waals surface area (Å²) in [6.45, 7) is 12.1. The molecule has 0 atom stereocenters. The number of fused-ring (bicyclic) bond motifs is 3. The van der Waals surface area contributed by atoms with E-state index >= 15 is 8.78 Å². The fraction of sp³-hybridized carbons (Fsp3) is 0.391. The van der Waals surface area contributed by atoms with Crippen LogP contribution in [0.5, 0.6) is 0 Å². The van der Waals surface area contributed by atoms with Crippen LogP contribution in [-0.4, -0.2) is 0 Å². The zero-order valence-electron chi connectivity index (χ0n) is 15.7. The molecular formula is C23H24F2. The first-order valence-electron chi connectivity index (χ1n) is 8.60. The molecule has 0 spiro atoms. The van der Waals surface area contributed by atoms with Gasteiger partial charge >= 0.3 is 0 Å². The maximum Gasteiger partial charge on any atom is 0.299 e. The van der Waals surface area contributed by atoms with Crippen LogP contribution in [-0.2, 0) is 11.3 Å². The molecule has 0 N–H and O–H groups in total. The first-order chi connectivity index (χ1) is 11.4. The van der Waals surface area contributed by atoms with Crippen molar-refractivity contribution in [1.29, 1.82) is 0 Å². The minimum absolute atomic E-state index is 0.0641. The lowest BCUT2D eigenvalue weighted by Crippen LogP contribution is -2.15. The van der Waals surface area contributed by atoms with Crippen molar-refractivity contribution in [2.24, 2.45) is 5.41 Å². The molecule has 25 heavy (non-hydrogen) atoms. The molecule has 0 amide bonds. The maximum atomic E-state index is 15.1. The van der Waals surface area contributed by atoms with Gasteiger partial charge in [0, 0.05) is 22.1 Å². The van der Waals surface area contributed by atoms with Gasteiger partial charge in [0.1, 0.15) is 0 Å². The number of hydrogen-bond acceptors (Lipinski definition) is 0. The topological polar surface area (TPSA) is 0 Å². The lowest BCUT2D eigenvalue weighted by molar-refractivity contribution is 0.0478. The Kier molecular flexibility index (Phi) is 3.84. The van der Waals surface area contributed by atoms with E-state index in [4.69, 9.17) is 0 Å². The molecule has 0 nitrogen and oxygen atoms in total. The van der Waals surface area contributed by atoms with Gasteiger partial charge in [0.05, 0.1) is 0 Å². The van der Waals surface area contributed by atoms with Crippen molar-refractivity contribution < 1.29 is 8.78 Å². The largest absolute Gasteiger partial charge is 0.299 e. The Balaban J connectivity index is 2.13. The Bertz CT molecular complexity index is 894. The Hall–Kier alpha value is -2.14. The van der Waals surface area contributed by atoms with Crippen LogP contribution in [0.3, 0.4) is 0 Å². The van der Waals surface area contributed by atoms with Crippen LogP contribution in [0.15, 0.2) is 36.4 Å². The molecule has 1 aliphatic carbocycles. The van der Waals surface area contributed by atoms with Crippen LogP contribution in [0.2, 0.25) is 0 Å². The van der Waals surface area contributed by atoms with Crippen molar-refractivity contribution >= 4 is 0 Å². The van der Waals surface area contributed by atoms with E-state index in [9.17, 15) is 0 Å². The minimum atomic E-state index is -2.98. The van der Waals surface area contributed by atoms with Gasteiger partial charge in [0.15, 0.2) is 0 Å². The Morgan fingerprint density at radius 1 is 0.800 bits per heavy atom. The summed E-state index contributed by atoms with van der Waals surface area (Å²) < 4.78 is 30.2. The van der Waals surface area contributed by atoms with Gasteiger partial charge in [0.2, 0.25) is 0 Å². The Morgan fingerprint density at radius 2 is 1.36 bits per heavy atom. The van der Waals surface area contributed by atoms with Crippen molar-refractivity contribution in [3.63, 3.8) is 0 Å². The predicted molar refractivity (Wildman–Crippen MR) is 99.9 cm³/mol. The summed E-state index contributed by atoms with van der Waals surface area (Å²) in [6.07, 6.45) is 0. The van der Waals surface area contributed by atoms with Crippen molar-refractivity contribution in [2.45, 2.75) is 52.9 Å². The summed E-state index contributed by atoms with van der Waals surface area (Å²) in [6, 6.07) is 10.6. The van der Waals surface area contributed by atoms with Gasteiger partial charge in [-0.1, -0.05) is 50.8 Å². The summed E-state index contributed by atoms with van der Waals surface area (Å²) in [4.78, 5) is 0. The zero-order valence-corrected chi connectivity index (χ0v) is 15.7. The smallest absolute Gasteiger partial charge is 0.196 e. The number of rotatable bonds is 0. The molecule has 2 aromatic rings. The predicted octanol–water partition coefficient (Wildman–Crippen LogP) is 6.50. The van der Waals surface area contributed by atoms with Crippen LogP contribution in [0.1, 0.15) is 63.8 Å². The highest BCUT2D eigenvalue weighted by atomic mass is 19.3. The second-order valence-corrected chi connectivity index (χ2v) is 8.85. The number of benzene rings is 2. The molecule has 0 saturated carbocycles. The second-order valence-electron chi connectivity index (χ2n) is 8.85. The molecule has 0 radical (unpaired) electrons. The molecule has 0 saturated heterocycles. The molecule has 0 unspecified atom stereocenters. The SMILES string of the molecule is CC(C)(C)C#Cc1ccc2c(c1)C(F)(F)c1cc(C(C)(C)C)ccc1-2. The average Bonchev–Trinajstić information content (AvgIpc) is 2.72. The van der Waals surface area contributed by atoms with Crippen molar-refractivity contribution in [3.8, 4) is 23.0 Å². The molecule has 3 rings (SSSR count). The van der Waals surface area contributed by atoms with Gasteiger partial charge in [-0.25, -0.2) is 0 Å². The first-order valence-corrected chi connectivity index (χ1v) is 8.60. The molecule has 0 aliphatic heterocycles. The van der Waals surface area contributed by atoms with E-state index in [1.54, 1.807) is 18.2 Å². The quantitative estimate of drug-likeness (QED) is 0.481. The number of hydrogen-bond donors (Lipinski definition) is 0. The van der Waals surface area contributed by atoms with Gasteiger partial charge in [-0.05, 0) is 61.1 Å². The molecule has 0 heterocycles. The molecule has 2 heteroatoms. The van der Waals surface area contributed by atoms with Crippen molar-refractivity contribution in [3.05, 3.63) is 58.7 Å². The molecule has 0 bridgehead atoms. The van der Waals surface area contributed by atoms with Gasteiger partial charge in [0.25, 0.3) is 5.92 Å². The van der Waals surface area contributed by atoms with Crippen LogP contribution in [0.25, 0.3) is 11.1 Å². The van der Waals surface area contributed by atoms with Gasteiger partial charge < -0.3 is 0 Å². The molecule has 0 aromatic heterocycles. The van der Waals surface area contributed by atoms with Gasteiger partial charge in [-0.15, -0.1) is 0 Å². The standard InChI is InChI=1S/C23H24F2/c1-21(2,3)12-11-15-7-9-17-18-10-8-16(22(4,5)6)14-20(18)23(24,25)19(17)13-15/h7-10,13-14H,1-6H3. The fourth-order valence-electron chi connectivity index (χ4n) is 3.03. The van der Waals surface area contributed by atoms with Crippen molar-refractivity contribution in [1.82, 2.24) is 0 Å². The highest BCUT2D eigenvalue weighted by molar-refractivity contribution is 5.80. The van der Waals surface area contributed by atoms with E-state index in [0.717, 1.165) is 5.56 Å². The van der Waals surface area contributed by atoms with Crippen LogP contribution in [0.4, 0.5) is 8.78 Å². The Morgan fingerprint density at radius 3 is 1.92 bits per heavy atom. The minimum Gasteiger partial charge on any atom is -0.196 e. The summed E-state index contributed by atoms with van der Waals surface area (Å²) in [7, 11) is 0. The van der Waals surface area contributed by atoms with Crippen LogP contribution in [0, 0.1) is 17.3 Å². The normalized spacial score (nSPS) is 15.2. The third kappa shape index (κ3) is 3.21. The van der Waals surface area contributed by atoms with E-state index in [1.165, 1.54) is 0 Å². The summed E-state index contributed by atoms with van der Waals surface area (Å²) in [5.41, 5.74) is 2.65. The fourth-order valence-corrected chi connectivity index (χ4v) is 3.03. The Labute approximate surface area is 149 Å². The van der Waals surface area contributed by atoms with E-state index in [-0.39, 0.29) is 22.0 Å². The van der Waals surface area contributed by atoms with Gasteiger partial charge in [-0.2, -0.15) is 8.78 Å². The zero-order chi connectivity index (χ0) is 18.6. The van der Waals surface area contributed by atoms with Gasteiger partial charge in [-0.3, -0.25) is 0 Å². The third-order valence-corrected chi connectivity index (χ3v) is 4.45. The van der Waals surface area contributed by atoms with Crippen LogP contribution >= 0.6 is 0 Å². The van der Waals surface area contributed by atoms with E-state index in [0.29, 0.717) is 16.7 Å². The second kappa shape index (κ2) is 5.43. The molecule has 0 fully saturated rings. The summed E-state index contributed by atoms with van der Waals surface area (Å²) in [5.74, 6) is 3.16. The van der Waals surface area contributed by atoms with E-state index < -0.39 is 5.92 Å². The summed E-state index contributed by atoms with van der Waals surface area (Å²) in [5, 5.41) is 0. The van der Waals surface area contributed by atoms with Crippen molar-refractivity contribution in [2.75, 3.05) is 0 Å². The highest BCUT2D eigenvalue weighted by Gasteiger charge is 2.44. The number of alkyl halides is 2. The molecular weight excluding hydrogens is 314 g/mol. The van der Waals surface area contributed by atoms with Crippen LogP contribution < -0.4 is 0 Å². The first kappa shape index (κ1) is 17.7. The van der Waals surface area contributed by atoms with E-state index in [2.05, 4.69) is 11.8 Å². The summed E-state index contributed by atoms with van der Waals surface area (Å²) >= 11 is 0. The average molecular weight is 338 g/mol. The lowest BCUT2D eigenvalue weighted by Gasteiger charge is -2.21. The molecule has 1 aliphatic rings. The third-order valence-electron chi connectivity index (χ3n) is 4.45. The monoisotopic (exact) mass is 338 g/mol. The molecule has 2 aromatic carbocycles. The maximum absolute atomic E-state index is 15.1. The van der Waals surface area contributed by atoms with E-state index in [1.807, 2.05) is 59.7 Å². The lowest BCUT2D eigenvalue weighted by atomic mass is 9.85.